The number of unbranched alkanes of at least 4 members (excludes halogenated alkanes) is 1. The van der Waals surface area contributed by atoms with Crippen LogP contribution in [0.25, 0.3) is 16.7 Å². The fourth-order valence-electron chi connectivity index (χ4n) is 3.93. The first-order valence-electron chi connectivity index (χ1n) is 13.5. The third-order valence-corrected chi connectivity index (χ3v) is 6.17. The Kier molecular flexibility index (Phi) is 9.18. The van der Waals surface area contributed by atoms with Gasteiger partial charge in [-0.2, -0.15) is 4.80 Å². The molecule has 0 N–H and O–H groups in total. The zero-order valence-electron chi connectivity index (χ0n) is 23.0. The number of hydrogen-bond acceptors (Lipinski definition) is 9. The summed E-state index contributed by atoms with van der Waals surface area (Å²) in [7, 11) is 0. The Balaban J connectivity index is 1.08. The summed E-state index contributed by atoms with van der Waals surface area (Å²) in [6.45, 7) is 4.09. The van der Waals surface area contributed by atoms with Crippen molar-refractivity contribution in [2.75, 3.05) is 13.2 Å². The van der Waals surface area contributed by atoms with Gasteiger partial charge in [0.2, 0.25) is 0 Å². The topological polar surface area (TPSA) is 119 Å². The SMILES string of the molecule is C=CC(=O)OCCCCOc1ccc(C(=O)Oc2ccc(C(=O)Oc3ccc(-n4nc5ccccc5n4)cc3)cc2)cc1. The van der Waals surface area contributed by atoms with Gasteiger partial charge in [0.1, 0.15) is 28.3 Å². The number of benzene rings is 4. The van der Waals surface area contributed by atoms with E-state index in [1.165, 1.54) is 29.1 Å². The van der Waals surface area contributed by atoms with E-state index >= 15 is 0 Å². The van der Waals surface area contributed by atoms with Crippen LogP contribution < -0.4 is 14.2 Å². The molecule has 0 amide bonds. The number of carbonyl (C=O) groups excluding carboxylic acids is 3. The Morgan fingerprint density at radius 3 is 1.67 bits per heavy atom. The molecule has 0 spiro atoms. The van der Waals surface area contributed by atoms with Crippen molar-refractivity contribution in [3.63, 3.8) is 0 Å². The minimum absolute atomic E-state index is 0.280. The van der Waals surface area contributed by atoms with Gasteiger partial charge >= 0.3 is 17.9 Å². The lowest BCUT2D eigenvalue weighted by Crippen LogP contribution is -2.10. The zero-order chi connectivity index (χ0) is 30.0. The van der Waals surface area contributed by atoms with Gasteiger partial charge in [0.25, 0.3) is 0 Å². The van der Waals surface area contributed by atoms with E-state index in [1.807, 2.05) is 24.3 Å². The van der Waals surface area contributed by atoms with Gasteiger partial charge in [-0.15, -0.1) is 10.2 Å². The van der Waals surface area contributed by atoms with Gasteiger partial charge in [0.05, 0.1) is 30.0 Å². The number of hydrogen-bond donors (Lipinski definition) is 0. The summed E-state index contributed by atoms with van der Waals surface area (Å²) in [5.74, 6) is -0.306. The van der Waals surface area contributed by atoms with Crippen molar-refractivity contribution in [1.82, 2.24) is 15.0 Å². The maximum Gasteiger partial charge on any atom is 0.343 e. The van der Waals surface area contributed by atoms with Crippen LogP contribution in [0.2, 0.25) is 0 Å². The first kappa shape index (κ1) is 28.7. The zero-order valence-corrected chi connectivity index (χ0v) is 23.0. The molecule has 0 aliphatic carbocycles. The Morgan fingerprint density at radius 1 is 0.651 bits per heavy atom. The number of fused-ring (bicyclic) bond motifs is 1. The van der Waals surface area contributed by atoms with Crippen molar-refractivity contribution in [3.05, 3.63) is 121 Å². The van der Waals surface area contributed by atoms with Crippen LogP contribution in [0.15, 0.2) is 110 Å². The van der Waals surface area contributed by atoms with E-state index in [0.29, 0.717) is 48.7 Å². The summed E-state index contributed by atoms with van der Waals surface area (Å²) in [4.78, 5) is 37.7. The molecule has 0 unspecified atom stereocenters. The van der Waals surface area contributed by atoms with Gasteiger partial charge in [-0.05, 0) is 97.8 Å². The maximum atomic E-state index is 12.6. The summed E-state index contributed by atoms with van der Waals surface area (Å²) >= 11 is 0. The molecule has 1 aromatic heterocycles. The van der Waals surface area contributed by atoms with Crippen LogP contribution in [0.1, 0.15) is 33.6 Å². The molecule has 0 fully saturated rings. The van der Waals surface area contributed by atoms with E-state index in [4.69, 9.17) is 18.9 Å². The minimum atomic E-state index is -0.554. The molecule has 0 aliphatic rings. The lowest BCUT2D eigenvalue weighted by Gasteiger charge is -2.08. The summed E-state index contributed by atoms with van der Waals surface area (Å²) < 4.78 is 21.5. The first-order valence-corrected chi connectivity index (χ1v) is 13.5. The highest BCUT2D eigenvalue weighted by atomic mass is 16.5. The molecule has 4 aromatic carbocycles. The predicted molar refractivity (Wildman–Crippen MR) is 158 cm³/mol. The van der Waals surface area contributed by atoms with Crippen molar-refractivity contribution in [2.24, 2.45) is 0 Å². The number of nitrogens with zero attached hydrogens (tertiary/aromatic N) is 3. The van der Waals surface area contributed by atoms with Crippen molar-refractivity contribution in [2.45, 2.75) is 12.8 Å². The molecular formula is C33H27N3O7. The number of carbonyl (C=O) groups is 3. The molecule has 0 saturated carbocycles. The van der Waals surface area contributed by atoms with Gasteiger partial charge in [0, 0.05) is 6.08 Å². The average molecular weight is 578 g/mol. The van der Waals surface area contributed by atoms with Gasteiger partial charge in [-0.1, -0.05) is 18.7 Å². The number of rotatable bonds is 12. The van der Waals surface area contributed by atoms with E-state index in [0.717, 1.165) is 22.8 Å². The van der Waals surface area contributed by atoms with Crippen LogP contribution in [-0.2, 0) is 9.53 Å². The van der Waals surface area contributed by atoms with Crippen LogP contribution in [0.4, 0.5) is 0 Å². The van der Waals surface area contributed by atoms with Crippen molar-refractivity contribution in [3.8, 4) is 22.9 Å². The van der Waals surface area contributed by atoms with Gasteiger partial charge < -0.3 is 18.9 Å². The molecule has 5 aromatic rings. The lowest BCUT2D eigenvalue weighted by atomic mass is 10.2. The van der Waals surface area contributed by atoms with Crippen LogP contribution in [0.3, 0.4) is 0 Å². The fourth-order valence-corrected chi connectivity index (χ4v) is 3.93. The Hall–Kier alpha value is -5.77. The summed E-state index contributed by atoms with van der Waals surface area (Å²) in [6, 6.07) is 27.1. The second-order valence-corrected chi connectivity index (χ2v) is 9.23. The third kappa shape index (κ3) is 7.70. The Morgan fingerprint density at radius 2 is 1.14 bits per heavy atom. The normalized spacial score (nSPS) is 10.6. The van der Waals surface area contributed by atoms with Gasteiger partial charge in [-0.25, -0.2) is 14.4 Å². The molecular weight excluding hydrogens is 550 g/mol. The van der Waals surface area contributed by atoms with Crippen molar-refractivity contribution < 1.29 is 33.3 Å². The highest BCUT2D eigenvalue weighted by Gasteiger charge is 2.13. The molecule has 0 saturated heterocycles. The first-order chi connectivity index (χ1) is 21.0. The van der Waals surface area contributed by atoms with Crippen LogP contribution in [0.5, 0.6) is 17.2 Å². The molecule has 10 nitrogen and oxygen atoms in total. The summed E-state index contributed by atoms with van der Waals surface area (Å²) in [5, 5.41) is 8.88. The smallest absolute Gasteiger partial charge is 0.343 e. The Labute approximate surface area is 247 Å². The van der Waals surface area contributed by atoms with Gasteiger partial charge in [0.15, 0.2) is 0 Å². The van der Waals surface area contributed by atoms with E-state index in [2.05, 4.69) is 16.8 Å². The van der Waals surface area contributed by atoms with Crippen LogP contribution in [0, 0.1) is 0 Å². The average Bonchev–Trinajstić information content (AvgIpc) is 3.48. The van der Waals surface area contributed by atoms with E-state index < -0.39 is 17.9 Å². The quantitative estimate of drug-likeness (QED) is 0.0790. The molecule has 0 atom stereocenters. The van der Waals surface area contributed by atoms with Gasteiger partial charge in [-0.3, -0.25) is 0 Å². The lowest BCUT2D eigenvalue weighted by molar-refractivity contribution is -0.137. The molecule has 0 bridgehead atoms. The number of esters is 3. The number of ether oxygens (including phenoxy) is 4. The molecule has 0 aliphatic heterocycles. The highest BCUT2D eigenvalue weighted by molar-refractivity contribution is 5.92. The fraction of sp³-hybridized carbons (Fsp3) is 0.121. The maximum absolute atomic E-state index is 12.6. The van der Waals surface area contributed by atoms with Crippen molar-refractivity contribution in [1.29, 1.82) is 0 Å². The summed E-state index contributed by atoms with van der Waals surface area (Å²) in [6.07, 6.45) is 2.49. The molecule has 0 radical (unpaired) electrons. The second-order valence-electron chi connectivity index (χ2n) is 9.23. The highest BCUT2D eigenvalue weighted by Crippen LogP contribution is 2.20. The molecule has 216 valence electrons. The van der Waals surface area contributed by atoms with E-state index in [-0.39, 0.29) is 5.75 Å². The van der Waals surface area contributed by atoms with Crippen molar-refractivity contribution >= 4 is 28.9 Å². The van der Waals surface area contributed by atoms with Crippen LogP contribution in [-0.4, -0.2) is 46.1 Å². The molecule has 43 heavy (non-hydrogen) atoms. The molecule has 5 rings (SSSR count). The monoisotopic (exact) mass is 577 g/mol. The van der Waals surface area contributed by atoms with E-state index in [9.17, 15) is 14.4 Å². The standard InChI is InChI=1S/C33H27N3O7/c1-2-31(37)41-22-6-5-21-40-26-15-9-23(10-16-26)32(38)42-27-17-11-24(12-18-27)33(39)43-28-19-13-25(14-20-28)36-34-29-7-3-4-8-30(29)35-36/h2-4,7-20H,1,5-6,21-22H2. The van der Waals surface area contributed by atoms with E-state index in [1.54, 1.807) is 48.5 Å². The molecule has 10 heteroatoms. The summed E-state index contributed by atoms with van der Waals surface area (Å²) in [5.41, 5.74) is 2.93. The predicted octanol–water partition coefficient (Wildman–Crippen LogP) is 5.75. The van der Waals surface area contributed by atoms with Crippen LogP contribution >= 0.6 is 0 Å². The largest absolute Gasteiger partial charge is 0.494 e. The molecule has 1 heterocycles. The second kappa shape index (κ2) is 13.7. The minimum Gasteiger partial charge on any atom is -0.494 e. The Bertz CT molecular complexity index is 1690. The third-order valence-electron chi connectivity index (χ3n) is 6.17. The number of aromatic nitrogens is 3.